The van der Waals surface area contributed by atoms with Gasteiger partial charge in [-0.2, -0.15) is 0 Å². The van der Waals surface area contributed by atoms with Gasteiger partial charge in [-0.25, -0.2) is 9.59 Å². The Morgan fingerprint density at radius 2 is 1.44 bits per heavy atom. The van der Waals surface area contributed by atoms with E-state index in [0.717, 1.165) is 0 Å². The zero-order chi connectivity index (χ0) is 12.6. The Kier molecular flexibility index (Phi) is 6.29. The summed E-state index contributed by atoms with van der Waals surface area (Å²) < 4.78 is 18.8. The zero-order valence-corrected chi connectivity index (χ0v) is 10.1. The summed E-state index contributed by atoms with van der Waals surface area (Å²) in [6.07, 6.45) is -1.58. The van der Waals surface area contributed by atoms with Gasteiger partial charge in [-0.05, 0) is 27.7 Å². The van der Waals surface area contributed by atoms with Gasteiger partial charge in [0.05, 0.1) is 13.2 Å². The third kappa shape index (κ3) is 6.92. The van der Waals surface area contributed by atoms with Gasteiger partial charge in [0.25, 0.3) is 0 Å². The second-order valence-corrected chi connectivity index (χ2v) is 3.52. The first-order chi connectivity index (χ1) is 7.41. The van der Waals surface area contributed by atoms with Crippen molar-refractivity contribution < 1.29 is 28.5 Å². The third-order valence-corrected chi connectivity index (χ3v) is 1.42. The lowest BCUT2D eigenvalue weighted by Gasteiger charge is -2.23. The highest BCUT2D eigenvalue weighted by molar-refractivity contribution is 5.61. The van der Waals surface area contributed by atoms with Gasteiger partial charge in [-0.3, -0.25) is 0 Å². The van der Waals surface area contributed by atoms with Gasteiger partial charge >= 0.3 is 12.3 Å². The topological polar surface area (TPSA) is 71.1 Å². The summed E-state index contributed by atoms with van der Waals surface area (Å²) in [6, 6.07) is 0. The van der Waals surface area contributed by atoms with E-state index in [4.69, 9.17) is 9.47 Å². The Balaban J connectivity index is 3.94. The summed E-state index contributed by atoms with van der Waals surface area (Å²) in [4.78, 5) is 21.9. The molecule has 0 aliphatic carbocycles. The molecule has 0 radical (unpaired) electrons. The van der Waals surface area contributed by atoms with Gasteiger partial charge in [0, 0.05) is 0 Å². The molecule has 0 fully saturated rings. The highest BCUT2D eigenvalue weighted by Gasteiger charge is 2.26. The predicted molar refractivity (Wildman–Crippen MR) is 55.2 cm³/mol. The second kappa shape index (κ2) is 6.92. The Hall–Kier alpha value is -1.46. The van der Waals surface area contributed by atoms with Crippen molar-refractivity contribution >= 4 is 12.3 Å². The maximum absolute atomic E-state index is 11.0. The van der Waals surface area contributed by atoms with Gasteiger partial charge in [-0.15, -0.1) is 0 Å². The molecule has 6 heteroatoms. The van der Waals surface area contributed by atoms with Crippen LogP contribution >= 0.6 is 0 Å². The fraction of sp³-hybridized carbons (Fsp3) is 0.800. The van der Waals surface area contributed by atoms with Crippen LogP contribution in [-0.2, 0) is 18.9 Å². The van der Waals surface area contributed by atoms with E-state index in [2.05, 4.69) is 9.47 Å². The minimum Gasteiger partial charge on any atom is -0.435 e. The average molecular weight is 234 g/mol. The molecule has 0 saturated carbocycles. The first kappa shape index (κ1) is 14.5. The van der Waals surface area contributed by atoms with Gasteiger partial charge in [-0.1, -0.05) is 0 Å². The van der Waals surface area contributed by atoms with Crippen LogP contribution in [0.15, 0.2) is 0 Å². The van der Waals surface area contributed by atoms with Crippen LogP contribution in [0.25, 0.3) is 0 Å². The van der Waals surface area contributed by atoms with Gasteiger partial charge in [0.2, 0.25) is 0 Å². The number of carbonyl (C=O) groups is 2. The number of carbonyl (C=O) groups excluding carboxylic acids is 2. The number of hydrogen-bond acceptors (Lipinski definition) is 6. The lowest BCUT2D eigenvalue weighted by molar-refractivity contribution is -0.0554. The standard InChI is InChI=1S/C10H18O6/c1-5-13-8(11)15-7-10(3,4)16-9(12)14-6-2/h5-7H2,1-4H3. The largest absolute Gasteiger partial charge is 0.508 e. The van der Waals surface area contributed by atoms with Crippen molar-refractivity contribution in [3.8, 4) is 0 Å². The molecule has 94 valence electrons. The van der Waals surface area contributed by atoms with E-state index in [-0.39, 0.29) is 19.8 Å². The van der Waals surface area contributed by atoms with E-state index < -0.39 is 17.9 Å². The van der Waals surface area contributed by atoms with Gasteiger partial charge < -0.3 is 18.9 Å². The van der Waals surface area contributed by atoms with Crippen LogP contribution in [0.4, 0.5) is 9.59 Å². The minimum absolute atomic E-state index is 0.0926. The molecular weight excluding hydrogens is 216 g/mol. The summed E-state index contributed by atoms with van der Waals surface area (Å²) in [5.74, 6) is 0. The van der Waals surface area contributed by atoms with E-state index in [1.807, 2.05) is 0 Å². The maximum atomic E-state index is 11.0. The van der Waals surface area contributed by atoms with Crippen molar-refractivity contribution in [1.82, 2.24) is 0 Å². The predicted octanol–water partition coefficient (Wildman–Crippen LogP) is 2.11. The smallest absolute Gasteiger partial charge is 0.435 e. The van der Waals surface area contributed by atoms with Crippen LogP contribution in [0.5, 0.6) is 0 Å². The van der Waals surface area contributed by atoms with Crippen LogP contribution in [0.2, 0.25) is 0 Å². The van der Waals surface area contributed by atoms with E-state index >= 15 is 0 Å². The normalized spacial score (nSPS) is 10.5. The summed E-state index contributed by atoms with van der Waals surface area (Å²) in [5, 5.41) is 0. The monoisotopic (exact) mass is 234 g/mol. The molecule has 0 aromatic heterocycles. The molecule has 0 aromatic rings. The number of ether oxygens (including phenoxy) is 4. The van der Waals surface area contributed by atoms with Gasteiger partial charge in [0.1, 0.15) is 12.2 Å². The quantitative estimate of drug-likeness (QED) is 0.678. The molecule has 0 N–H and O–H groups in total. The van der Waals surface area contributed by atoms with Crippen LogP contribution < -0.4 is 0 Å². The summed E-state index contributed by atoms with van der Waals surface area (Å²) in [7, 11) is 0. The lowest BCUT2D eigenvalue weighted by atomic mass is 10.1. The molecule has 0 unspecified atom stereocenters. The fourth-order valence-corrected chi connectivity index (χ4v) is 0.795. The fourth-order valence-electron chi connectivity index (χ4n) is 0.795. The maximum Gasteiger partial charge on any atom is 0.508 e. The van der Waals surface area contributed by atoms with E-state index in [9.17, 15) is 9.59 Å². The molecule has 0 rings (SSSR count). The van der Waals surface area contributed by atoms with Crippen molar-refractivity contribution in [1.29, 1.82) is 0 Å². The molecule has 0 aliphatic heterocycles. The molecule has 6 nitrogen and oxygen atoms in total. The molecule has 0 aromatic carbocycles. The molecule has 0 aliphatic rings. The lowest BCUT2D eigenvalue weighted by Crippen LogP contribution is -2.34. The zero-order valence-electron chi connectivity index (χ0n) is 10.1. The minimum atomic E-state index is -0.945. The van der Waals surface area contributed by atoms with Crippen molar-refractivity contribution in [2.24, 2.45) is 0 Å². The highest BCUT2D eigenvalue weighted by Crippen LogP contribution is 2.11. The number of rotatable bonds is 5. The van der Waals surface area contributed by atoms with Crippen LogP contribution in [0, 0.1) is 0 Å². The average Bonchev–Trinajstić information content (AvgIpc) is 2.15. The van der Waals surface area contributed by atoms with E-state index in [1.54, 1.807) is 27.7 Å². The Morgan fingerprint density at radius 3 is 1.94 bits per heavy atom. The van der Waals surface area contributed by atoms with Gasteiger partial charge in [0.15, 0.2) is 0 Å². The Labute approximate surface area is 94.8 Å². The Morgan fingerprint density at radius 1 is 0.938 bits per heavy atom. The summed E-state index contributed by atoms with van der Waals surface area (Å²) >= 11 is 0. The molecule has 0 spiro atoms. The molecule has 0 bridgehead atoms. The van der Waals surface area contributed by atoms with Crippen molar-refractivity contribution in [3.63, 3.8) is 0 Å². The third-order valence-electron chi connectivity index (χ3n) is 1.42. The van der Waals surface area contributed by atoms with Crippen molar-refractivity contribution in [2.75, 3.05) is 19.8 Å². The molecule has 0 atom stereocenters. The van der Waals surface area contributed by atoms with E-state index in [1.165, 1.54) is 0 Å². The van der Waals surface area contributed by atoms with Crippen molar-refractivity contribution in [3.05, 3.63) is 0 Å². The second-order valence-electron chi connectivity index (χ2n) is 3.52. The Bertz CT molecular complexity index is 235. The SMILES string of the molecule is CCOC(=O)OCC(C)(C)OC(=O)OCC. The molecule has 0 saturated heterocycles. The molecule has 16 heavy (non-hydrogen) atoms. The summed E-state index contributed by atoms with van der Waals surface area (Å²) in [5.41, 5.74) is -0.945. The molecular formula is C10H18O6. The van der Waals surface area contributed by atoms with Crippen LogP contribution in [0.3, 0.4) is 0 Å². The van der Waals surface area contributed by atoms with Crippen molar-refractivity contribution in [2.45, 2.75) is 33.3 Å². The first-order valence-corrected chi connectivity index (χ1v) is 5.06. The van der Waals surface area contributed by atoms with Crippen LogP contribution in [0.1, 0.15) is 27.7 Å². The van der Waals surface area contributed by atoms with E-state index in [0.29, 0.717) is 0 Å². The number of hydrogen-bond donors (Lipinski definition) is 0. The summed E-state index contributed by atoms with van der Waals surface area (Å²) in [6.45, 7) is 6.91. The highest BCUT2D eigenvalue weighted by atomic mass is 16.8. The molecule has 0 amide bonds. The molecule has 0 heterocycles. The van der Waals surface area contributed by atoms with Crippen LogP contribution in [-0.4, -0.2) is 37.7 Å². The first-order valence-electron chi connectivity index (χ1n) is 5.06.